The summed E-state index contributed by atoms with van der Waals surface area (Å²) in [5.41, 5.74) is 0. The second-order valence-electron chi connectivity index (χ2n) is 4.54. The van der Waals surface area contributed by atoms with Crippen molar-refractivity contribution in [2.24, 2.45) is 5.92 Å². The van der Waals surface area contributed by atoms with E-state index in [1.165, 1.54) is 12.1 Å². The summed E-state index contributed by atoms with van der Waals surface area (Å²) in [5.74, 6) is -1.31. The summed E-state index contributed by atoms with van der Waals surface area (Å²) in [6, 6.07) is 4.01. The van der Waals surface area contributed by atoms with E-state index in [9.17, 15) is 8.78 Å². The van der Waals surface area contributed by atoms with Gasteiger partial charge in [0, 0.05) is 5.25 Å². The van der Waals surface area contributed by atoms with Crippen LogP contribution in [0.25, 0.3) is 0 Å². The highest BCUT2D eigenvalue weighted by atomic mass is 32.1. The number of rotatable bonds is 3. The average molecular weight is 258 g/mol. The molecule has 1 aliphatic rings. The lowest BCUT2D eigenvalue weighted by Crippen LogP contribution is -2.20. The van der Waals surface area contributed by atoms with E-state index in [0.29, 0.717) is 17.8 Å². The predicted octanol–water partition coefficient (Wildman–Crippen LogP) is 3.83. The van der Waals surface area contributed by atoms with Crippen molar-refractivity contribution in [2.75, 3.05) is 6.61 Å². The third-order valence-electron chi connectivity index (χ3n) is 3.21. The van der Waals surface area contributed by atoms with Gasteiger partial charge in [0.15, 0.2) is 11.6 Å². The Morgan fingerprint density at radius 1 is 1.18 bits per heavy atom. The Kier molecular flexibility index (Phi) is 4.26. The quantitative estimate of drug-likeness (QED) is 0.811. The number of hydrogen-bond acceptors (Lipinski definition) is 2. The zero-order valence-electron chi connectivity index (χ0n) is 9.53. The summed E-state index contributed by atoms with van der Waals surface area (Å²) in [5, 5.41) is 0.483. The molecule has 0 atom stereocenters. The Bertz CT molecular complexity index is 376. The molecule has 1 aromatic rings. The maximum Gasteiger partial charge on any atom is 0.200 e. The number of halogens is 2. The van der Waals surface area contributed by atoms with E-state index >= 15 is 0 Å². The summed E-state index contributed by atoms with van der Waals surface area (Å²) in [7, 11) is 0. The van der Waals surface area contributed by atoms with Crippen molar-refractivity contribution in [3.63, 3.8) is 0 Å². The largest absolute Gasteiger partial charge is 0.490 e. The van der Waals surface area contributed by atoms with Crippen LogP contribution in [0.2, 0.25) is 0 Å². The van der Waals surface area contributed by atoms with Gasteiger partial charge in [0.05, 0.1) is 6.61 Å². The zero-order chi connectivity index (χ0) is 12.3. The first-order chi connectivity index (χ1) is 8.16. The third kappa shape index (κ3) is 3.35. The van der Waals surface area contributed by atoms with Crippen LogP contribution in [0.5, 0.6) is 5.75 Å². The van der Waals surface area contributed by atoms with E-state index < -0.39 is 11.6 Å². The standard InChI is InChI=1S/C13H16F2OS/c14-11-2-1-3-12(13(11)15)16-8-9-4-6-10(17)7-5-9/h1-3,9-10,17H,4-8H2. The highest BCUT2D eigenvalue weighted by molar-refractivity contribution is 7.80. The van der Waals surface area contributed by atoms with Crippen LogP contribution in [0.15, 0.2) is 18.2 Å². The summed E-state index contributed by atoms with van der Waals surface area (Å²) < 4.78 is 31.6. The molecule has 0 unspecified atom stereocenters. The molecule has 4 heteroatoms. The fraction of sp³-hybridized carbons (Fsp3) is 0.538. The summed E-state index contributed by atoms with van der Waals surface area (Å²) >= 11 is 4.42. The van der Waals surface area contributed by atoms with Gasteiger partial charge in [-0.25, -0.2) is 4.39 Å². The Labute approximate surface area is 106 Å². The molecule has 1 fully saturated rings. The van der Waals surface area contributed by atoms with E-state index in [4.69, 9.17) is 4.74 Å². The van der Waals surface area contributed by atoms with Gasteiger partial charge >= 0.3 is 0 Å². The average Bonchev–Trinajstić information content (AvgIpc) is 2.33. The second kappa shape index (κ2) is 5.71. The normalized spacial score (nSPS) is 24.6. The van der Waals surface area contributed by atoms with E-state index in [1.54, 1.807) is 0 Å². The van der Waals surface area contributed by atoms with Crippen LogP contribution < -0.4 is 4.74 Å². The second-order valence-corrected chi connectivity index (χ2v) is 5.27. The molecule has 0 aliphatic heterocycles. The van der Waals surface area contributed by atoms with Crippen molar-refractivity contribution < 1.29 is 13.5 Å². The van der Waals surface area contributed by atoms with Gasteiger partial charge in [-0.1, -0.05) is 6.07 Å². The van der Waals surface area contributed by atoms with Crippen molar-refractivity contribution in [3.05, 3.63) is 29.8 Å². The molecule has 1 nitrogen and oxygen atoms in total. The third-order valence-corrected chi connectivity index (χ3v) is 3.72. The molecule has 0 bridgehead atoms. The van der Waals surface area contributed by atoms with Crippen molar-refractivity contribution in [3.8, 4) is 5.75 Å². The summed E-state index contributed by atoms with van der Waals surface area (Å²) in [6.07, 6.45) is 4.24. The van der Waals surface area contributed by atoms with Crippen molar-refractivity contribution in [1.82, 2.24) is 0 Å². The molecule has 0 N–H and O–H groups in total. The number of benzene rings is 1. The minimum absolute atomic E-state index is 0.0120. The van der Waals surface area contributed by atoms with Crippen molar-refractivity contribution in [1.29, 1.82) is 0 Å². The first-order valence-corrected chi connectivity index (χ1v) is 6.43. The molecule has 0 saturated heterocycles. The number of thiol groups is 1. The minimum Gasteiger partial charge on any atom is -0.490 e. The van der Waals surface area contributed by atoms with Crippen molar-refractivity contribution in [2.45, 2.75) is 30.9 Å². The smallest absolute Gasteiger partial charge is 0.200 e. The van der Waals surface area contributed by atoms with Gasteiger partial charge in [0.25, 0.3) is 0 Å². The van der Waals surface area contributed by atoms with Gasteiger partial charge in [-0.05, 0) is 43.7 Å². The number of ether oxygens (including phenoxy) is 1. The van der Waals surface area contributed by atoms with Crippen LogP contribution in [0.4, 0.5) is 8.78 Å². The Hall–Kier alpha value is -0.770. The molecule has 1 aromatic carbocycles. The topological polar surface area (TPSA) is 9.23 Å². The monoisotopic (exact) mass is 258 g/mol. The van der Waals surface area contributed by atoms with E-state index in [1.807, 2.05) is 0 Å². The molecule has 1 saturated carbocycles. The molecule has 0 heterocycles. The maximum absolute atomic E-state index is 13.3. The van der Waals surface area contributed by atoms with Gasteiger partial charge in [0.1, 0.15) is 0 Å². The van der Waals surface area contributed by atoms with Crippen molar-refractivity contribution >= 4 is 12.6 Å². The molecule has 94 valence electrons. The molecule has 0 radical (unpaired) electrons. The predicted molar refractivity (Wildman–Crippen MR) is 66.6 cm³/mol. The molecule has 1 aliphatic carbocycles. The lowest BCUT2D eigenvalue weighted by molar-refractivity contribution is 0.202. The van der Waals surface area contributed by atoms with Gasteiger partial charge in [0.2, 0.25) is 5.82 Å². The molecule has 0 spiro atoms. The SMILES string of the molecule is Fc1cccc(OCC2CCC(S)CC2)c1F. The molecular formula is C13H16F2OS. The van der Waals surface area contributed by atoms with E-state index in [-0.39, 0.29) is 5.75 Å². The van der Waals surface area contributed by atoms with Crippen LogP contribution in [0, 0.1) is 17.6 Å². The fourth-order valence-electron chi connectivity index (χ4n) is 2.11. The first kappa shape index (κ1) is 12.7. The minimum atomic E-state index is -0.893. The van der Waals surface area contributed by atoms with Crippen LogP contribution in [0.1, 0.15) is 25.7 Å². The molecule has 2 rings (SSSR count). The van der Waals surface area contributed by atoms with Crippen LogP contribution in [0.3, 0.4) is 0 Å². The van der Waals surface area contributed by atoms with E-state index in [2.05, 4.69) is 12.6 Å². The Morgan fingerprint density at radius 2 is 1.88 bits per heavy atom. The van der Waals surface area contributed by atoms with Gasteiger partial charge < -0.3 is 4.74 Å². The van der Waals surface area contributed by atoms with Crippen LogP contribution in [-0.2, 0) is 0 Å². The fourth-order valence-corrected chi connectivity index (χ4v) is 2.41. The highest BCUT2D eigenvalue weighted by Crippen LogP contribution is 2.28. The molecule has 17 heavy (non-hydrogen) atoms. The Morgan fingerprint density at radius 3 is 2.59 bits per heavy atom. The lowest BCUT2D eigenvalue weighted by Gasteiger charge is -2.25. The maximum atomic E-state index is 13.3. The first-order valence-electron chi connectivity index (χ1n) is 5.91. The van der Waals surface area contributed by atoms with Crippen LogP contribution >= 0.6 is 12.6 Å². The zero-order valence-corrected chi connectivity index (χ0v) is 10.4. The highest BCUT2D eigenvalue weighted by Gasteiger charge is 2.20. The summed E-state index contributed by atoms with van der Waals surface area (Å²) in [4.78, 5) is 0. The van der Waals surface area contributed by atoms with Gasteiger partial charge in [-0.3, -0.25) is 0 Å². The number of hydrogen-bond donors (Lipinski definition) is 1. The van der Waals surface area contributed by atoms with Crippen LogP contribution in [-0.4, -0.2) is 11.9 Å². The van der Waals surface area contributed by atoms with E-state index in [0.717, 1.165) is 31.7 Å². The lowest BCUT2D eigenvalue weighted by atomic mass is 9.89. The summed E-state index contributed by atoms with van der Waals surface area (Å²) in [6.45, 7) is 0.459. The molecular weight excluding hydrogens is 242 g/mol. The Balaban J connectivity index is 1.87. The molecule has 0 amide bonds. The van der Waals surface area contributed by atoms with Gasteiger partial charge in [-0.15, -0.1) is 0 Å². The molecule has 0 aromatic heterocycles. The van der Waals surface area contributed by atoms with Gasteiger partial charge in [-0.2, -0.15) is 17.0 Å².